The minimum atomic E-state index is -0.837. The van der Waals surface area contributed by atoms with Crippen molar-refractivity contribution in [3.8, 4) is 0 Å². The SMILES string of the molecule is C[C@@H](CC(=O)N[C@@H](CC(=O)O)C1CC1)C(C)(C)C. The summed E-state index contributed by atoms with van der Waals surface area (Å²) in [5.41, 5.74) is 0.0964. The van der Waals surface area contributed by atoms with Crippen LogP contribution in [0.15, 0.2) is 0 Å². The van der Waals surface area contributed by atoms with E-state index in [1.807, 2.05) is 0 Å². The van der Waals surface area contributed by atoms with Gasteiger partial charge in [-0.2, -0.15) is 0 Å². The summed E-state index contributed by atoms with van der Waals surface area (Å²) in [4.78, 5) is 22.7. The lowest BCUT2D eigenvalue weighted by molar-refractivity contribution is -0.138. The van der Waals surface area contributed by atoms with E-state index in [4.69, 9.17) is 5.11 Å². The number of carboxylic acids is 1. The fourth-order valence-corrected chi connectivity index (χ4v) is 1.87. The molecule has 0 unspecified atom stereocenters. The largest absolute Gasteiger partial charge is 0.481 e. The molecule has 18 heavy (non-hydrogen) atoms. The summed E-state index contributed by atoms with van der Waals surface area (Å²) in [5.74, 6) is -0.205. The summed E-state index contributed by atoms with van der Waals surface area (Å²) in [7, 11) is 0. The molecule has 1 fully saturated rings. The van der Waals surface area contributed by atoms with Crippen LogP contribution in [0.2, 0.25) is 0 Å². The van der Waals surface area contributed by atoms with Crippen LogP contribution in [0.5, 0.6) is 0 Å². The molecular weight excluding hydrogens is 230 g/mol. The molecule has 4 heteroatoms. The van der Waals surface area contributed by atoms with Crippen molar-refractivity contribution in [2.24, 2.45) is 17.3 Å². The molecule has 1 aliphatic carbocycles. The van der Waals surface area contributed by atoms with E-state index in [-0.39, 0.29) is 29.7 Å². The van der Waals surface area contributed by atoms with E-state index in [1.54, 1.807) is 0 Å². The fourth-order valence-electron chi connectivity index (χ4n) is 1.87. The predicted octanol–water partition coefficient (Wildman–Crippen LogP) is 2.43. The number of nitrogens with one attached hydrogen (secondary N) is 1. The molecule has 0 saturated heterocycles. The van der Waals surface area contributed by atoms with E-state index in [9.17, 15) is 9.59 Å². The lowest BCUT2D eigenvalue weighted by Gasteiger charge is -2.27. The van der Waals surface area contributed by atoms with Crippen LogP contribution in [0, 0.1) is 17.3 Å². The minimum Gasteiger partial charge on any atom is -0.481 e. The molecule has 2 N–H and O–H groups in total. The summed E-state index contributed by atoms with van der Waals surface area (Å²) < 4.78 is 0. The van der Waals surface area contributed by atoms with Gasteiger partial charge in [0.25, 0.3) is 0 Å². The standard InChI is InChI=1S/C14H25NO3/c1-9(14(2,3)4)7-12(16)15-11(8-13(17)18)10-5-6-10/h9-11H,5-8H2,1-4H3,(H,15,16)(H,17,18)/t9-,11-/m0/s1. The van der Waals surface area contributed by atoms with Gasteiger partial charge in [-0.3, -0.25) is 9.59 Å². The van der Waals surface area contributed by atoms with Gasteiger partial charge in [-0.15, -0.1) is 0 Å². The number of carboxylic acid groups (broad SMARTS) is 1. The number of rotatable bonds is 6. The van der Waals surface area contributed by atoms with E-state index < -0.39 is 5.97 Å². The molecule has 0 heterocycles. The van der Waals surface area contributed by atoms with Gasteiger partial charge in [0.1, 0.15) is 0 Å². The van der Waals surface area contributed by atoms with Crippen molar-refractivity contribution in [1.29, 1.82) is 0 Å². The normalized spacial score (nSPS) is 19.1. The van der Waals surface area contributed by atoms with Crippen molar-refractivity contribution < 1.29 is 14.7 Å². The van der Waals surface area contributed by atoms with Crippen LogP contribution in [0.4, 0.5) is 0 Å². The zero-order chi connectivity index (χ0) is 13.9. The van der Waals surface area contributed by atoms with E-state index in [0.29, 0.717) is 12.3 Å². The first kappa shape index (κ1) is 15.0. The van der Waals surface area contributed by atoms with Gasteiger partial charge in [0.15, 0.2) is 0 Å². The Kier molecular flexibility index (Phi) is 4.77. The molecule has 2 atom stereocenters. The molecule has 0 aromatic heterocycles. The van der Waals surface area contributed by atoms with E-state index in [0.717, 1.165) is 12.8 Å². The van der Waals surface area contributed by atoms with E-state index in [2.05, 4.69) is 33.0 Å². The second-order valence-electron chi connectivity index (χ2n) is 6.58. The third-order valence-corrected chi connectivity index (χ3v) is 3.90. The highest BCUT2D eigenvalue weighted by molar-refractivity contribution is 5.77. The first-order chi connectivity index (χ1) is 8.20. The molecule has 0 aliphatic heterocycles. The molecule has 4 nitrogen and oxygen atoms in total. The fraction of sp³-hybridized carbons (Fsp3) is 0.857. The summed E-state index contributed by atoms with van der Waals surface area (Å²) in [6.45, 7) is 8.39. The van der Waals surface area contributed by atoms with Gasteiger partial charge in [-0.25, -0.2) is 0 Å². The molecule has 0 aromatic rings. The Morgan fingerprint density at radius 2 is 1.83 bits per heavy atom. The number of amides is 1. The highest BCUT2D eigenvalue weighted by Gasteiger charge is 2.34. The minimum absolute atomic E-state index is 0.0180. The molecule has 1 amide bonds. The second-order valence-corrected chi connectivity index (χ2v) is 6.58. The van der Waals surface area contributed by atoms with Crippen molar-refractivity contribution in [3.05, 3.63) is 0 Å². The first-order valence-electron chi connectivity index (χ1n) is 6.71. The van der Waals surface area contributed by atoms with Crippen LogP contribution in [0.25, 0.3) is 0 Å². The van der Waals surface area contributed by atoms with Crippen molar-refractivity contribution in [3.63, 3.8) is 0 Å². The Morgan fingerprint density at radius 1 is 1.28 bits per heavy atom. The number of hydrogen-bond acceptors (Lipinski definition) is 2. The van der Waals surface area contributed by atoms with Crippen LogP contribution in [0.1, 0.15) is 53.4 Å². The van der Waals surface area contributed by atoms with Crippen LogP contribution >= 0.6 is 0 Å². The Hall–Kier alpha value is -1.06. The van der Waals surface area contributed by atoms with Crippen molar-refractivity contribution in [2.75, 3.05) is 0 Å². The van der Waals surface area contributed by atoms with Crippen molar-refractivity contribution >= 4 is 11.9 Å². The summed E-state index contributed by atoms with van der Waals surface area (Å²) in [6, 6.07) is -0.179. The summed E-state index contributed by atoms with van der Waals surface area (Å²) in [5, 5.41) is 11.7. The van der Waals surface area contributed by atoms with Gasteiger partial charge in [0.2, 0.25) is 5.91 Å². The monoisotopic (exact) mass is 255 g/mol. The third kappa shape index (κ3) is 5.07. The van der Waals surface area contributed by atoms with Gasteiger partial charge < -0.3 is 10.4 Å². The summed E-state index contributed by atoms with van der Waals surface area (Å²) >= 11 is 0. The zero-order valence-electron chi connectivity index (χ0n) is 11.8. The zero-order valence-corrected chi connectivity index (χ0v) is 11.8. The average molecular weight is 255 g/mol. The topological polar surface area (TPSA) is 66.4 Å². The molecule has 0 aromatic carbocycles. The number of carbonyl (C=O) groups excluding carboxylic acids is 1. The van der Waals surface area contributed by atoms with Crippen LogP contribution in [-0.2, 0) is 9.59 Å². The maximum absolute atomic E-state index is 11.9. The van der Waals surface area contributed by atoms with Gasteiger partial charge in [-0.1, -0.05) is 27.7 Å². The Morgan fingerprint density at radius 3 is 2.22 bits per heavy atom. The highest BCUT2D eigenvalue weighted by atomic mass is 16.4. The maximum atomic E-state index is 11.9. The lowest BCUT2D eigenvalue weighted by atomic mass is 9.80. The quantitative estimate of drug-likeness (QED) is 0.766. The van der Waals surface area contributed by atoms with E-state index in [1.165, 1.54) is 0 Å². The Bertz CT molecular complexity index is 315. The third-order valence-electron chi connectivity index (χ3n) is 3.90. The van der Waals surface area contributed by atoms with Crippen LogP contribution < -0.4 is 5.32 Å². The summed E-state index contributed by atoms with van der Waals surface area (Å²) in [6.07, 6.45) is 2.58. The first-order valence-corrected chi connectivity index (χ1v) is 6.71. The van der Waals surface area contributed by atoms with Crippen LogP contribution in [-0.4, -0.2) is 23.0 Å². The molecule has 1 aliphatic rings. The number of aliphatic carboxylic acids is 1. The van der Waals surface area contributed by atoms with Gasteiger partial charge in [-0.05, 0) is 30.1 Å². The van der Waals surface area contributed by atoms with Gasteiger partial charge in [0.05, 0.1) is 6.42 Å². The highest BCUT2D eigenvalue weighted by Crippen LogP contribution is 2.34. The predicted molar refractivity (Wildman–Crippen MR) is 70.1 cm³/mol. The van der Waals surface area contributed by atoms with Crippen LogP contribution in [0.3, 0.4) is 0 Å². The maximum Gasteiger partial charge on any atom is 0.305 e. The number of carbonyl (C=O) groups is 2. The van der Waals surface area contributed by atoms with Crippen molar-refractivity contribution in [2.45, 2.75) is 59.4 Å². The smallest absolute Gasteiger partial charge is 0.305 e. The molecular formula is C14H25NO3. The molecule has 0 radical (unpaired) electrons. The Labute approximate surface area is 109 Å². The van der Waals surface area contributed by atoms with Gasteiger partial charge in [0, 0.05) is 12.5 Å². The van der Waals surface area contributed by atoms with Crippen molar-refractivity contribution in [1.82, 2.24) is 5.32 Å². The second kappa shape index (κ2) is 5.72. The molecule has 104 valence electrons. The molecule has 1 rings (SSSR count). The molecule has 0 spiro atoms. The molecule has 1 saturated carbocycles. The number of hydrogen-bond donors (Lipinski definition) is 2. The lowest BCUT2D eigenvalue weighted by Crippen LogP contribution is -2.39. The average Bonchev–Trinajstić information content (AvgIpc) is 2.96. The Balaban J connectivity index is 2.44. The van der Waals surface area contributed by atoms with E-state index >= 15 is 0 Å². The van der Waals surface area contributed by atoms with Gasteiger partial charge >= 0.3 is 5.97 Å². The molecule has 0 bridgehead atoms.